The van der Waals surface area contributed by atoms with Gasteiger partial charge in [-0.2, -0.15) is 0 Å². The molecule has 2 heterocycles. The summed E-state index contributed by atoms with van der Waals surface area (Å²) < 4.78 is 13.2. The fraction of sp³-hybridized carbons (Fsp3) is 0.0769. The Kier molecular flexibility index (Phi) is 7.86. The van der Waals surface area contributed by atoms with E-state index in [1.165, 1.54) is 6.07 Å². The van der Waals surface area contributed by atoms with Gasteiger partial charge in [-0.3, -0.25) is 19.3 Å². The molecule has 7 nitrogen and oxygen atoms in total. The Hall–Kier alpha value is -2.02. The maximum atomic E-state index is 13.5. The van der Waals surface area contributed by atoms with Crippen LogP contribution >= 0.6 is 86.9 Å². The summed E-state index contributed by atoms with van der Waals surface area (Å²) in [6, 6.07) is 9.41. The van der Waals surface area contributed by atoms with E-state index in [4.69, 9.17) is 32.4 Å². The number of aryl methyl sites for hydroxylation is 1. The molecule has 5 rings (SSSR count). The van der Waals surface area contributed by atoms with Crippen molar-refractivity contribution in [1.82, 2.24) is 4.90 Å². The third-order valence-corrected chi connectivity index (χ3v) is 11.4. The van der Waals surface area contributed by atoms with Gasteiger partial charge in [0.1, 0.15) is 12.1 Å². The molecule has 0 radical (unpaired) electrons. The fourth-order valence-electron chi connectivity index (χ4n) is 4.00. The largest absolute Gasteiger partial charge is 0.452 e. The number of carbonyl (C=O) groups is 3. The third kappa shape index (κ3) is 4.91. The molecule has 0 atom stereocenters. The van der Waals surface area contributed by atoms with Gasteiger partial charge in [-0.1, -0.05) is 23.2 Å². The third-order valence-electron chi connectivity index (χ3n) is 5.92. The van der Waals surface area contributed by atoms with Crippen LogP contribution in [0.5, 0.6) is 5.75 Å². The number of nitrogens with zero attached hydrogens (tertiary/aromatic N) is 1. The van der Waals surface area contributed by atoms with E-state index < -0.39 is 35.5 Å². The highest BCUT2D eigenvalue weighted by Gasteiger charge is 2.42. The lowest BCUT2D eigenvalue weighted by Crippen LogP contribution is -2.37. The minimum absolute atomic E-state index is 0.0278. The molecule has 0 unspecified atom stereocenters. The summed E-state index contributed by atoms with van der Waals surface area (Å²) in [5.41, 5.74) is 0.825. The molecule has 39 heavy (non-hydrogen) atoms. The molecular formula is C26H11Br4Cl2NO6. The first-order valence-corrected chi connectivity index (χ1v) is 14.8. The molecule has 0 spiro atoms. The van der Waals surface area contributed by atoms with Crippen molar-refractivity contribution in [3.8, 4) is 17.1 Å². The lowest BCUT2D eigenvalue weighted by molar-refractivity contribution is -0.134. The molecule has 0 bridgehead atoms. The second kappa shape index (κ2) is 10.8. The highest BCUT2D eigenvalue weighted by Crippen LogP contribution is 2.45. The van der Waals surface area contributed by atoms with Gasteiger partial charge in [0, 0.05) is 33.5 Å². The van der Waals surface area contributed by atoms with Crippen molar-refractivity contribution in [3.63, 3.8) is 0 Å². The summed E-state index contributed by atoms with van der Waals surface area (Å²) in [5, 5.41) is 0.865. The van der Waals surface area contributed by atoms with Gasteiger partial charge >= 0.3 is 5.97 Å². The molecule has 13 heteroatoms. The molecular weight excluding hydrogens is 813 g/mol. The maximum absolute atomic E-state index is 13.5. The van der Waals surface area contributed by atoms with Crippen LogP contribution in [0.3, 0.4) is 0 Å². The summed E-state index contributed by atoms with van der Waals surface area (Å²) in [5.74, 6) is -2.90. The van der Waals surface area contributed by atoms with Crippen LogP contribution in [-0.2, 0) is 4.79 Å². The molecule has 2 amide bonds. The number of carbonyl (C=O) groups excluding carboxylic acids is 3. The number of fused-ring (bicyclic) bond motifs is 2. The SMILES string of the molecule is Cc1cc2oc(-c3ccc(Cl)cc3)c(OC(=O)CN3C(=O)c4c(Br)c(Br)c(Br)c(Br)c4C3=O)c(=O)c2cc1Cl. The van der Waals surface area contributed by atoms with Gasteiger partial charge in [0.05, 0.1) is 16.5 Å². The van der Waals surface area contributed by atoms with Crippen molar-refractivity contribution in [3.05, 3.63) is 91.2 Å². The predicted molar refractivity (Wildman–Crippen MR) is 161 cm³/mol. The van der Waals surface area contributed by atoms with E-state index in [0.29, 0.717) is 39.1 Å². The minimum Gasteiger partial charge on any atom is -0.452 e. The Labute approximate surface area is 263 Å². The number of rotatable bonds is 4. The lowest BCUT2D eigenvalue weighted by atomic mass is 10.1. The minimum atomic E-state index is -1.03. The zero-order valence-corrected chi connectivity index (χ0v) is 27.2. The number of halogens is 6. The average molecular weight is 824 g/mol. The second-order valence-corrected chi connectivity index (χ2v) is 12.4. The number of esters is 1. The van der Waals surface area contributed by atoms with Crippen LogP contribution in [0.2, 0.25) is 10.0 Å². The Bertz CT molecular complexity index is 1770. The first-order valence-electron chi connectivity index (χ1n) is 10.9. The van der Waals surface area contributed by atoms with Crippen LogP contribution in [-0.4, -0.2) is 29.2 Å². The molecule has 4 aromatic rings. The molecule has 0 saturated heterocycles. The number of ether oxygens (including phenoxy) is 1. The predicted octanol–water partition coefficient (Wildman–Crippen LogP) is 8.33. The van der Waals surface area contributed by atoms with Crippen LogP contribution in [0.4, 0.5) is 0 Å². The molecule has 0 saturated carbocycles. The van der Waals surface area contributed by atoms with E-state index in [0.717, 1.165) is 4.90 Å². The second-order valence-electron chi connectivity index (χ2n) is 8.37. The number of hydrogen-bond donors (Lipinski definition) is 0. The molecule has 198 valence electrons. The number of hydrogen-bond acceptors (Lipinski definition) is 6. The van der Waals surface area contributed by atoms with Crippen molar-refractivity contribution in [2.75, 3.05) is 6.54 Å². The van der Waals surface area contributed by atoms with E-state index in [1.807, 2.05) is 0 Å². The smallest absolute Gasteiger partial charge is 0.331 e. The summed E-state index contributed by atoms with van der Waals surface area (Å²) in [7, 11) is 0. The summed E-state index contributed by atoms with van der Waals surface area (Å²) >= 11 is 25.6. The number of benzene rings is 3. The Balaban J connectivity index is 1.55. The van der Waals surface area contributed by atoms with Crippen LogP contribution in [0, 0.1) is 6.92 Å². The van der Waals surface area contributed by atoms with Crippen LogP contribution in [0.25, 0.3) is 22.3 Å². The highest BCUT2D eigenvalue weighted by atomic mass is 79.9. The van der Waals surface area contributed by atoms with E-state index in [-0.39, 0.29) is 27.9 Å². The van der Waals surface area contributed by atoms with Crippen molar-refractivity contribution in [1.29, 1.82) is 0 Å². The van der Waals surface area contributed by atoms with Gasteiger partial charge in [-0.15, -0.1) is 0 Å². The zero-order chi connectivity index (χ0) is 28.3. The van der Waals surface area contributed by atoms with Gasteiger partial charge in [-0.25, -0.2) is 4.79 Å². The maximum Gasteiger partial charge on any atom is 0.331 e. The monoisotopic (exact) mass is 819 g/mol. The molecule has 1 aliphatic rings. The lowest BCUT2D eigenvalue weighted by Gasteiger charge is -2.15. The molecule has 0 aliphatic carbocycles. The van der Waals surface area contributed by atoms with Crippen molar-refractivity contribution >= 4 is 116 Å². The van der Waals surface area contributed by atoms with E-state index in [9.17, 15) is 19.2 Å². The normalized spacial score (nSPS) is 12.8. The topological polar surface area (TPSA) is 93.9 Å². The van der Waals surface area contributed by atoms with Gasteiger partial charge in [0.25, 0.3) is 11.8 Å². The standard InChI is InChI=1S/C26H11Br4Cl2NO6/c1-9-6-14-12(7-13(9)32)22(35)24(23(38-14)10-2-4-11(31)5-3-10)39-15(34)8-33-25(36)16-17(26(33)37)19(28)21(30)20(29)18(16)27/h2-7H,8H2,1H3. The van der Waals surface area contributed by atoms with Crippen molar-refractivity contribution in [2.24, 2.45) is 0 Å². The first kappa shape index (κ1) is 28.5. The molecule has 3 aromatic carbocycles. The molecule has 1 aliphatic heterocycles. The summed E-state index contributed by atoms with van der Waals surface area (Å²) in [4.78, 5) is 53.7. The number of imide groups is 1. The quantitative estimate of drug-likeness (QED) is 0.0890. The average Bonchev–Trinajstić information content (AvgIpc) is 3.14. The fourth-order valence-corrected chi connectivity index (χ4v) is 6.74. The van der Waals surface area contributed by atoms with Crippen LogP contribution < -0.4 is 10.2 Å². The van der Waals surface area contributed by atoms with Crippen molar-refractivity contribution < 1.29 is 23.5 Å². The highest BCUT2D eigenvalue weighted by molar-refractivity contribution is 9.15. The Morgan fingerprint density at radius 2 is 1.46 bits per heavy atom. The van der Waals surface area contributed by atoms with E-state index in [2.05, 4.69) is 63.7 Å². The molecule has 0 fully saturated rings. The van der Waals surface area contributed by atoms with E-state index in [1.54, 1.807) is 37.3 Å². The van der Waals surface area contributed by atoms with Gasteiger partial charge in [-0.05, 0) is 113 Å². The van der Waals surface area contributed by atoms with Crippen molar-refractivity contribution in [2.45, 2.75) is 6.92 Å². The van der Waals surface area contributed by atoms with E-state index >= 15 is 0 Å². The zero-order valence-electron chi connectivity index (χ0n) is 19.3. The summed E-state index contributed by atoms with van der Waals surface area (Å²) in [6.07, 6.45) is 0. The molecule has 0 N–H and O–H groups in total. The van der Waals surface area contributed by atoms with Gasteiger partial charge in [0.2, 0.25) is 11.2 Å². The molecule has 1 aromatic heterocycles. The Morgan fingerprint density at radius 1 is 0.897 bits per heavy atom. The van der Waals surface area contributed by atoms with Crippen LogP contribution in [0.1, 0.15) is 26.3 Å². The van der Waals surface area contributed by atoms with Gasteiger partial charge in [0.15, 0.2) is 5.76 Å². The number of amides is 2. The summed E-state index contributed by atoms with van der Waals surface area (Å²) in [6.45, 7) is 1.00. The van der Waals surface area contributed by atoms with Gasteiger partial charge < -0.3 is 9.15 Å². The first-order chi connectivity index (χ1) is 18.4. The van der Waals surface area contributed by atoms with Crippen LogP contribution in [0.15, 0.2) is 63.5 Å². The Morgan fingerprint density at radius 3 is 2.03 bits per heavy atom.